The van der Waals surface area contributed by atoms with E-state index in [-0.39, 0.29) is 107 Å². The van der Waals surface area contributed by atoms with Gasteiger partial charge in [-0.25, -0.2) is 0 Å². The number of aliphatic hydroxyl groups is 2. The van der Waals surface area contributed by atoms with Gasteiger partial charge in [-0.2, -0.15) is 23.5 Å². The number of hydrogen-bond acceptors (Lipinski definition) is 23. The van der Waals surface area contributed by atoms with E-state index in [1.54, 1.807) is 32.2 Å². The van der Waals surface area contributed by atoms with Gasteiger partial charge in [0.2, 0.25) is 47.3 Å². The van der Waals surface area contributed by atoms with Gasteiger partial charge in [0.1, 0.15) is 17.6 Å². The van der Waals surface area contributed by atoms with Crippen LogP contribution in [0.3, 0.4) is 0 Å². The van der Waals surface area contributed by atoms with Gasteiger partial charge in [-0.1, -0.05) is 116 Å². The number of carboxylic acids is 1. The van der Waals surface area contributed by atoms with Crippen LogP contribution in [-0.2, 0) is 78.3 Å². The zero-order valence-corrected chi connectivity index (χ0v) is 71.8. The highest BCUT2D eigenvalue weighted by atomic mass is 32.2. The topological polar surface area (TPSA) is 578 Å². The summed E-state index contributed by atoms with van der Waals surface area (Å²) >= 11 is 2.82. The number of aliphatic hydroxyl groups excluding tert-OH is 2. The smallest absolute Gasteiger partial charge is 0.305 e. The Hall–Kier alpha value is -7.92. The van der Waals surface area contributed by atoms with E-state index in [1.165, 1.54) is 100 Å². The summed E-state index contributed by atoms with van der Waals surface area (Å²) in [4.78, 5) is 210. The summed E-state index contributed by atoms with van der Waals surface area (Å²) < 4.78 is 0. The average molecular weight is 1690 g/mol. The van der Waals surface area contributed by atoms with Gasteiger partial charge in [0.25, 0.3) is 0 Å². The molecule has 0 saturated carbocycles. The molecular weight excluding hydrogens is 1550 g/mol. The average Bonchev–Trinajstić information content (AvgIpc) is 0.860. The number of rotatable bonds is 73. The molecule has 1 aromatic rings. The van der Waals surface area contributed by atoms with Crippen molar-refractivity contribution in [1.82, 2.24) is 31.9 Å². The van der Waals surface area contributed by atoms with Crippen molar-refractivity contribution in [2.45, 2.75) is 289 Å². The lowest BCUT2D eigenvalue weighted by molar-refractivity contribution is -0.141. The van der Waals surface area contributed by atoms with Gasteiger partial charge in [-0.3, -0.25) is 76.9 Å². The number of hydrogen-bond donors (Lipinski definition) is 16. The van der Waals surface area contributed by atoms with Gasteiger partial charge in [0.05, 0.1) is 61.7 Å². The summed E-state index contributed by atoms with van der Waals surface area (Å²) in [5.74, 6) is -18.7. The Bertz CT molecular complexity index is 3250. The molecule has 0 aliphatic heterocycles. The molecule has 0 fully saturated rings. The van der Waals surface area contributed by atoms with E-state index < -0.39 is 212 Å². The molecule has 117 heavy (non-hydrogen) atoms. The Morgan fingerprint density at radius 3 is 1.39 bits per heavy atom. The predicted molar refractivity (Wildman–Crippen MR) is 453 cm³/mol. The molecule has 1 aromatic carbocycles. The van der Waals surface area contributed by atoms with Gasteiger partial charge in [-0.15, -0.1) is 0 Å². The number of carbonyl (C=O) groups is 15. The number of phenolic OH excluding ortho intramolecular Hbond substituents is 1. The van der Waals surface area contributed by atoms with Crippen LogP contribution in [0.25, 0.3) is 0 Å². The first-order valence-corrected chi connectivity index (χ1v) is 44.7. The molecule has 32 nitrogen and oxygen atoms in total. The Morgan fingerprint density at radius 1 is 0.453 bits per heavy atom. The molecule has 34 heteroatoms. The van der Waals surface area contributed by atoms with Crippen molar-refractivity contribution in [2.24, 2.45) is 80.8 Å². The number of primary amides is 2. The first-order chi connectivity index (χ1) is 55.6. The van der Waals surface area contributed by atoms with Gasteiger partial charge in [0, 0.05) is 81.6 Å². The number of ketones is 6. The number of nitrogens with two attached hydrogens (primary N) is 6. The number of amides is 8. The summed E-state index contributed by atoms with van der Waals surface area (Å²) in [5.41, 5.74) is 34.4. The van der Waals surface area contributed by atoms with Crippen molar-refractivity contribution in [3.05, 3.63) is 29.8 Å². The second-order valence-corrected chi connectivity index (χ2v) is 33.3. The van der Waals surface area contributed by atoms with Gasteiger partial charge in [0.15, 0.2) is 34.9 Å². The molecule has 0 aliphatic carbocycles. The van der Waals surface area contributed by atoms with E-state index in [9.17, 15) is 92.3 Å². The Balaban J connectivity index is 3.60. The Kier molecular flexibility index (Phi) is 57.8. The second kappa shape index (κ2) is 63.2. The van der Waals surface area contributed by atoms with Crippen LogP contribution in [0, 0.1) is 41.4 Å². The van der Waals surface area contributed by atoms with Crippen molar-refractivity contribution >= 4 is 117 Å². The molecule has 0 spiro atoms. The molecule has 0 radical (unpaired) electrons. The normalized spacial score (nSPS) is 14.4. The number of carboxylic acid groups (broad SMARTS) is 1. The molecule has 0 aliphatic rings. The molecule has 0 saturated heterocycles. The van der Waals surface area contributed by atoms with Crippen LogP contribution in [0.2, 0.25) is 0 Å². The van der Waals surface area contributed by atoms with E-state index in [2.05, 4.69) is 43.8 Å². The minimum atomic E-state index is -1.69. The summed E-state index contributed by atoms with van der Waals surface area (Å²) in [7, 11) is 0. The zero-order chi connectivity index (χ0) is 87.8. The third-order valence-electron chi connectivity index (χ3n) is 20.6. The molecular formula is C83H141N13O19S2. The zero-order valence-electron chi connectivity index (χ0n) is 70.2. The van der Waals surface area contributed by atoms with Crippen molar-refractivity contribution in [2.75, 3.05) is 56.8 Å². The lowest BCUT2D eigenvalue weighted by Gasteiger charge is -2.27. The summed E-state index contributed by atoms with van der Waals surface area (Å²) in [5, 5.41) is 56.3. The number of Topliss-reactive ketones (excluding diaryl/α,β-unsaturated/α-hetero) is 6. The maximum atomic E-state index is 14.9. The van der Waals surface area contributed by atoms with Crippen LogP contribution in [0.5, 0.6) is 5.75 Å². The third kappa shape index (κ3) is 48.7. The number of nitrogens with one attached hydrogen (secondary N) is 6. The fourth-order valence-electron chi connectivity index (χ4n) is 13.7. The van der Waals surface area contributed by atoms with Gasteiger partial charge >= 0.3 is 5.97 Å². The molecule has 12 atom stereocenters. The van der Waals surface area contributed by atoms with E-state index in [1.807, 2.05) is 6.26 Å². The Labute approximate surface area is 700 Å². The van der Waals surface area contributed by atoms with Crippen LogP contribution in [0.4, 0.5) is 0 Å². The van der Waals surface area contributed by atoms with E-state index >= 15 is 0 Å². The maximum absolute atomic E-state index is 14.9. The maximum Gasteiger partial charge on any atom is 0.305 e. The Morgan fingerprint density at radius 2 is 0.897 bits per heavy atom. The van der Waals surface area contributed by atoms with Crippen LogP contribution in [0.15, 0.2) is 29.3 Å². The summed E-state index contributed by atoms with van der Waals surface area (Å²) in [6.07, 6.45) is 15.0. The molecule has 664 valence electrons. The minimum absolute atomic E-state index is 0.0157. The van der Waals surface area contributed by atoms with Crippen molar-refractivity contribution in [1.29, 1.82) is 0 Å². The predicted octanol–water partition coefficient (Wildman–Crippen LogP) is 4.87. The fraction of sp³-hybridized carbons (Fsp3) is 0.735. The van der Waals surface area contributed by atoms with E-state index in [4.69, 9.17) is 34.4 Å². The monoisotopic (exact) mass is 1690 g/mol. The highest BCUT2D eigenvalue weighted by Gasteiger charge is 2.38. The molecule has 8 amide bonds. The highest BCUT2D eigenvalue weighted by molar-refractivity contribution is 7.98. The fourth-order valence-corrected chi connectivity index (χ4v) is 14.7. The molecule has 0 heterocycles. The number of benzene rings is 1. The van der Waals surface area contributed by atoms with Gasteiger partial charge < -0.3 is 86.7 Å². The lowest BCUT2D eigenvalue weighted by atomic mass is 9.87. The van der Waals surface area contributed by atoms with Gasteiger partial charge in [-0.05, 0) is 151 Å². The number of unbranched alkanes of at least 4 members (excludes halogenated alkanes) is 14. The van der Waals surface area contributed by atoms with E-state index in [0.717, 1.165) is 25.7 Å². The minimum Gasteiger partial charge on any atom is -0.508 e. The highest BCUT2D eigenvalue weighted by Crippen LogP contribution is 2.26. The van der Waals surface area contributed by atoms with Crippen LogP contribution >= 0.6 is 23.5 Å². The molecule has 22 N–H and O–H groups in total. The number of aliphatic carboxylic acids is 1. The molecule has 0 bridgehead atoms. The van der Waals surface area contributed by atoms with Crippen molar-refractivity contribution in [3.8, 4) is 5.75 Å². The van der Waals surface area contributed by atoms with Crippen molar-refractivity contribution < 1.29 is 92.3 Å². The largest absolute Gasteiger partial charge is 0.508 e. The van der Waals surface area contributed by atoms with Crippen LogP contribution < -0.4 is 66.3 Å². The number of aliphatic imine (C=N–C) groups is 1. The number of carbonyl (C=O) groups excluding carboxylic acids is 14. The second-order valence-electron chi connectivity index (χ2n) is 31.3. The van der Waals surface area contributed by atoms with Crippen LogP contribution in [-0.4, -0.2) is 207 Å². The van der Waals surface area contributed by atoms with Crippen LogP contribution in [0.1, 0.15) is 252 Å². The molecule has 1 rings (SSSR count). The number of thioether (sulfide) groups is 2. The summed E-state index contributed by atoms with van der Waals surface area (Å²) in [6, 6.07) is -1.25. The quantitative estimate of drug-likeness (QED) is 0.0235. The number of guanidine groups is 1. The molecule has 0 unspecified atom stereocenters. The number of aromatic hydroxyl groups is 1. The number of phenols is 1. The first-order valence-electron chi connectivity index (χ1n) is 41.9. The first kappa shape index (κ1) is 107. The number of nitrogens with zero attached hydrogens (tertiary/aromatic N) is 1. The molecule has 0 aromatic heterocycles. The van der Waals surface area contributed by atoms with E-state index in [0.29, 0.717) is 49.8 Å². The standard InChI is InChI=1S/C83H141N13O19S2/c1-7-8-9-10-11-12-13-14-15-16-17-18-19-26-62(100)44-57(35-40-116-5)77(110)91-51-63(101)45-59(43-55-29-31-61(99)32-30-55)80(113)94-67(33-34-74(86)106)70(102)46-56(25-20-22-37-84)78(111)92-65(27-21-23-38-85)71(103)47-58(42-53(2)3)79(112)93-66(28-24-39-90-83(88)89)72(104)48-60(52-97)81(114)95-68(36-41-117-6)73(105)49-64(54(4)98)82(115)96-69(76(87)109)50-75(107)108/h29-32,53-54,56-60,64-69,97-99H,7-28,33-52,84-85H2,1-6H3,(H2,86,106)(H2,87,109)(H,91,110)(H,92,111)(H,93,112)(H,94,113)(H,95,114)(H,96,115)(H,107,108)(H4,88,89,90)/t54-,56+,57+,58+,59+,60-,64-,65-,66-,67-,68-,69-/m0/s1. The SMILES string of the molecule is CCCCCCCCCCCCCCCC(=O)C[C@@H](CCSC)C(=O)NCC(=O)C[C@@H](Cc1ccc(O)cc1)C(=O)N[C@@H](CCC(N)=O)C(=O)C[C@@H](CCCCN)C(=O)N[C@@H](CCCCN)C(=O)C[C@@H](CC(C)C)C(=O)N[C@@H](CCCN=C(N)N)C(=O)C[C@@H](CO)C(=O)N[C@@H](CCSC)C(=O)C[C@H](C(=O)N[C@@H](CC(=O)O)C(N)=O)[C@H](C)O. The lowest BCUT2D eigenvalue weighted by Crippen LogP contribution is -2.51. The van der Waals surface area contributed by atoms with Crippen molar-refractivity contribution in [3.63, 3.8) is 0 Å². The summed E-state index contributed by atoms with van der Waals surface area (Å²) in [6.45, 7) is 5.98. The third-order valence-corrected chi connectivity index (χ3v) is 21.9.